The summed E-state index contributed by atoms with van der Waals surface area (Å²) in [6, 6.07) is 27.0. The lowest BCUT2D eigenvalue weighted by Gasteiger charge is -2.43. The third-order valence-corrected chi connectivity index (χ3v) is 9.46. The van der Waals surface area contributed by atoms with Gasteiger partial charge in [-0.1, -0.05) is 55.5 Å². The van der Waals surface area contributed by atoms with Gasteiger partial charge < -0.3 is 29.4 Å². The lowest BCUT2D eigenvalue weighted by atomic mass is 9.89. The number of nitrogens with one attached hydrogen (secondary N) is 1. The molecule has 252 valence electrons. The summed E-state index contributed by atoms with van der Waals surface area (Å²) < 4.78 is 24.6. The summed E-state index contributed by atoms with van der Waals surface area (Å²) in [5.41, 5.74) is 7.34. The Morgan fingerprint density at radius 1 is 0.918 bits per heavy atom. The Balaban J connectivity index is 1.13. The summed E-state index contributed by atoms with van der Waals surface area (Å²) in [6.07, 6.45) is 1.28. The molecular formula is C39H40N4O6. The summed E-state index contributed by atoms with van der Waals surface area (Å²) in [5.74, 6) is 1.15. The van der Waals surface area contributed by atoms with Crippen LogP contribution in [0.1, 0.15) is 57.6 Å². The number of anilines is 1. The van der Waals surface area contributed by atoms with Crippen LogP contribution in [0.3, 0.4) is 0 Å². The number of aromatic nitrogens is 2. The smallest absolute Gasteiger partial charge is 0.275 e. The van der Waals surface area contributed by atoms with Gasteiger partial charge in [-0.2, -0.15) is 0 Å². The number of aliphatic hydroxyl groups excluding tert-OH is 1. The summed E-state index contributed by atoms with van der Waals surface area (Å²) in [7, 11) is 3.32. The maximum Gasteiger partial charge on any atom is 0.275 e. The van der Waals surface area contributed by atoms with Crippen molar-refractivity contribution in [3.05, 3.63) is 125 Å². The Hall–Kier alpha value is -4.87. The summed E-state index contributed by atoms with van der Waals surface area (Å²) in [5, 5.41) is 12.6. The number of rotatable bonds is 9. The zero-order valence-electron chi connectivity index (χ0n) is 27.8. The second-order valence-corrected chi connectivity index (χ2v) is 12.6. The Labute approximate surface area is 285 Å². The molecule has 3 heterocycles. The molecule has 4 unspecified atom stereocenters. The molecule has 4 aromatic carbocycles. The first-order valence-corrected chi connectivity index (χ1v) is 16.5. The van der Waals surface area contributed by atoms with Crippen molar-refractivity contribution in [3.8, 4) is 11.5 Å². The minimum absolute atomic E-state index is 0.0217. The number of aliphatic hydroxyl groups is 1. The molecule has 10 heteroatoms. The van der Waals surface area contributed by atoms with Crippen LogP contribution in [0.4, 0.5) is 5.69 Å². The molecule has 7 rings (SSSR count). The van der Waals surface area contributed by atoms with Crippen LogP contribution in [0, 0.1) is 5.92 Å². The highest BCUT2D eigenvalue weighted by Crippen LogP contribution is 2.43. The van der Waals surface area contributed by atoms with Crippen LogP contribution >= 0.6 is 0 Å². The number of methoxy groups -OCH3 is 2. The summed E-state index contributed by atoms with van der Waals surface area (Å²) >= 11 is 0. The third-order valence-electron chi connectivity index (χ3n) is 9.46. The van der Waals surface area contributed by atoms with Gasteiger partial charge in [-0.25, -0.2) is 4.98 Å². The molecule has 0 radical (unpaired) electrons. The molecule has 10 nitrogen and oxygen atoms in total. The summed E-state index contributed by atoms with van der Waals surface area (Å²) in [6.45, 7) is 4.50. The minimum atomic E-state index is -0.678. The average Bonchev–Trinajstić information content (AvgIpc) is 3.15. The fourth-order valence-corrected chi connectivity index (χ4v) is 6.70. The molecule has 1 saturated heterocycles. The average molecular weight is 661 g/mol. The number of para-hydroxylation sites is 2. The van der Waals surface area contributed by atoms with E-state index in [9.17, 15) is 9.90 Å². The number of benzene rings is 4. The number of nitrogens with zero attached hydrogens (tertiary/aromatic N) is 3. The third kappa shape index (κ3) is 7.00. The van der Waals surface area contributed by atoms with Crippen LogP contribution in [0.5, 0.6) is 11.5 Å². The predicted molar refractivity (Wildman–Crippen MR) is 185 cm³/mol. The van der Waals surface area contributed by atoms with Gasteiger partial charge in [0, 0.05) is 36.8 Å². The number of carbonyl (C=O) groups excluding carboxylic acids is 1. The van der Waals surface area contributed by atoms with E-state index in [2.05, 4.69) is 39.2 Å². The van der Waals surface area contributed by atoms with Crippen molar-refractivity contribution in [1.82, 2.24) is 14.9 Å². The molecule has 2 aliphatic heterocycles. The fourth-order valence-electron chi connectivity index (χ4n) is 6.70. The molecule has 0 spiro atoms. The van der Waals surface area contributed by atoms with Gasteiger partial charge in [0.25, 0.3) is 5.91 Å². The topological polar surface area (TPSA) is 115 Å². The maximum atomic E-state index is 13.2. The highest BCUT2D eigenvalue weighted by molar-refractivity contribution is 6.03. The Morgan fingerprint density at radius 2 is 1.67 bits per heavy atom. The number of ether oxygens (including phenoxy) is 4. The fraction of sp³-hybridized carbons (Fsp3) is 0.308. The monoisotopic (exact) mass is 660 g/mol. The van der Waals surface area contributed by atoms with Crippen LogP contribution in [0.15, 0.2) is 91.1 Å². The lowest BCUT2D eigenvalue weighted by molar-refractivity contribution is -0.276. The zero-order chi connectivity index (χ0) is 33.9. The molecule has 1 amide bonds. The Kier molecular flexibility index (Phi) is 9.54. The minimum Gasteiger partial charge on any atom is -0.493 e. The Bertz CT molecular complexity index is 1950. The van der Waals surface area contributed by atoms with E-state index < -0.39 is 6.29 Å². The lowest BCUT2D eigenvalue weighted by Crippen LogP contribution is -2.45. The van der Waals surface area contributed by atoms with Crippen LogP contribution in [-0.4, -0.2) is 59.3 Å². The van der Waals surface area contributed by atoms with Gasteiger partial charge in [-0.15, -0.1) is 0 Å². The molecule has 1 fully saturated rings. The molecule has 4 atom stereocenters. The molecule has 0 saturated carbocycles. The van der Waals surface area contributed by atoms with Crippen molar-refractivity contribution in [2.24, 2.45) is 5.92 Å². The van der Waals surface area contributed by atoms with Crippen molar-refractivity contribution < 1.29 is 28.8 Å². The highest BCUT2D eigenvalue weighted by atomic mass is 16.7. The number of amides is 1. The van der Waals surface area contributed by atoms with E-state index in [1.807, 2.05) is 72.8 Å². The van der Waals surface area contributed by atoms with Crippen LogP contribution < -0.4 is 14.8 Å². The van der Waals surface area contributed by atoms with E-state index in [-0.39, 0.29) is 36.3 Å². The quantitative estimate of drug-likeness (QED) is 0.190. The first-order chi connectivity index (χ1) is 23.9. The first kappa shape index (κ1) is 32.7. The van der Waals surface area contributed by atoms with Gasteiger partial charge in [0.1, 0.15) is 5.69 Å². The molecular weight excluding hydrogens is 620 g/mol. The van der Waals surface area contributed by atoms with Crippen LogP contribution in [-0.2, 0) is 29.0 Å². The molecule has 2 aliphatic rings. The van der Waals surface area contributed by atoms with E-state index >= 15 is 0 Å². The largest absolute Gasteiger partial charge is 0.493 e. The Morgan fingerprint density at radius 3 is 2.43 bits per heavy atom. The van der Waals surface area contributed by atoms with Gasteiger partial charge in [-0.3, -0.25) is 14.7 Å². The molecule has 49 heavy (non-hydrogen) atoms. The van der Waals surface area contributed by atoms with Gasteiger partial charge in [0.15, 0.2) is 17.8 Å². The second-order valence-electron chi connectivity index (χ2n) is 12.6. The number of hydrogen-bond donors (Lipinski definition) is 2. The standard InChI is InChI=1S/C39H40N4O6/c1-24-36(22-43-16-15-27-18-34(46-2)35(47-3)19-29(27)21-43)48-39(49-37(24)26-13-11-25(23-44)12-14-26)28-7-6-8-30(17-28)41-38(45)33-20-40-31-9-4-5-10-32(31)42-33/h4-14,17-20,24,36-37,39,44H,15-16,21-23H2,1-3H3,(H,41,45). The van der Waals surface area contributed by atoms with E-state index in [0.717, 1.165) is 53.2 Å². The normalized spacial score (nSPS) is 20.8. The van der Waals surface area contributed by atoms with E-state index in [4.69, 9.17) is 18.9 Å². The number of hydrogen-bond acceptors (Lipinski definition) is 9. The SMILES string of the molecule is COc1cc2c(cc1OC)CN(CC1OC(c3cccc(NC(=O)c4cnc5ccccc5n4)c3)OC(c3ccc(CO)cc3)C1C)CC2. The van der Waals surface area contributed by atoms with E-state index in [1.54, 1.807) is 14.2 Å². The predicted octanol–water partition coefficient (Wildman–Crippen LogP) is 6.24. The van der Waals surface area contributed by atoms with E-state index in [0.29, 0.717) is 17.7 Å². The van der Waals surface area contributed by atoms with Crippen molar-refractivity contribution in [2.45, 2.75) is 45.0 Å². The first-order valence-electron chi connectivity index (χ1n) is 16.5. The van der Waals surface area contributed by atoms with E-state index in [1.165, 1.54) is 17.3 Å². The number of fused-ring (bicyclic) bond motifs is 2. The highest BCUT2D eigenvalue weighted by Gasteiger charge is 2.39. The van der Waals surface area contributed by atoms with Gasteiger partial charge in [0.05, 0.1) is 50.3 Å². The molecule has 0 aliphatic carbocycles. The molecule has 2 N–H and O–H groups in total. The van der Waals surface area contributed by atoms with Crippen LogP contribution in [0.25, 0.3) is 11.0 Å². The van der Waals surface area contributed by atoms with Gasteiger partial charge >= 0.3 is 0 Å². The maximum absolute atomic E-state index is 13.2. The van der Waals surface area contributed by atoms with Gasteiger partial charge in [-0.05, 0) is 65.1 Å². The number of carbonyl (C=O) groups is 1. The van der Waals surface area contributed by atoms with Gasteiger partial charge in [0.2, 0.25) is 0 Å². The van der Waals surface area contributed by atoms with Crippen molar-refractivity contribution >= 4 is 22.6 Å². The molecule has 0 bridgehead atoms. The van der Waals surface area contributed by atoms with Crippen molar-refractivity contribution in [3.63, 3.8) is 0 Å². The van der Waals surface area contributed by atoms with Crippen molar-refractivity contribution in [1.29, 1.82) is 0 Å². The molecule has 5 aromatic rings. The van der Waals surface area contributed by atoms with Crippen molar-refractivity contribution in [2.75, 3.05) is 32.6 Å². The zero-order valence-corrected chi connectivity index (χ0v) is 27.8. The second kappa shape index (κ2) is 14.3. The molecule has 1 aromatic heterocycles. The van der Waals surface area contributed by atoms with Crippen LogP contribution in [0.2, 0.25) is 0 Å². The summed E-state index contributed by atoms with van der Waals surface area (Å²) in [4.78, 5) is 24.5.